The number of hydrogen-bond acceptors (Lipinski definition) is 5. The van der Waals surface area contributed by atoms with E-state index in [-0.39, 0.29) is 18.5 Å². The van der Waals surface area contributed by atoms with Crippen molar-refractivity contribution in [2.24, 2.45) is 0 Å². The Bertz CT molecular complexity index is 113. The van der Waals surface area contributed by atoms with E-state index in [1.807, 2.05) is 0 Å². The molecule has 0 aromatic carbocycles. The van der Waals surface area contributed by atoms with Crippen LogP contribution in [0.2, 0.25) is 0 Å². The molecule has 0 saturated heterocycles. The topological polar surface area (TPSA) is 72.8 Å². The highest BCUT2D eigenvalue weighted by atomic mass is 17.1. The van der Waals surface area contributed by atoms with Crippen LogP contribution in [0.25, 0.3) is 0 Å². The second kappa shape index (κ2) is 10.8. The zero-order valence-electron chi connectivity index (χ0n) is 5.49. The van der Waals surface area contributed by atoms with Crippen LogP contribution in [0, 0.1) is 0 Å². The van der Waals surface area contributed by atoms with E-state index in [1.54, 1.807) is 0 Å². The number of carbonyl (C=O) groups excluding carboxylic acids is 2. The molecular formula is C5H8O5. The molecule has 0 aliphatic rings. The Hall–Kier alpha value is -1.16. The standard InChI is InChI=1S/C4H8O3.CO2/c1-4(7-5)3-6-2;2-1-3/h5H,1,3H2,2H3;. The maximum Gasteiger partial charge on any atom is 0.373 e. The molecule has 0 bridgehead atoms. The number of rotatable bonds is 3. The predicted octanol–water partition coefficient (Wildman–Crippen LogP) is 0.0526. The summed E-state index contributed by atoms with van der Waals surface area (Å²) in [7, 11) is 1.49. The van der Waals surface area contributed by atoms with Crippen LogP contribution >= 0.6 is 0 Å². The molecule has 1 N–H and O–H groups in total. The molecule has 0 rings (SSSR count). The third-order valence-electron chi connectivity index (χ3n) is 0.434. The van der Waals surface area contributed by atoms with Crippen molar-refractivity contribution in [2.75, 3.05) is 13.7 Å². The third kappa shape index (κ3) is 15.8. The summed E-state index contributed by atoms with van der Waals surface area (Å²) in [4.78, 5) is 19.9. The predicted molar refractivity (Wildman–Crippen MR) is 29.7 cm³/mol. The van der Waals surface area contributed by atoms with Crippen LogP contribution in [0.1, 0.15) is 0 Å². The minimum atomic E-state index is 0.211. The molecule has 0 spiro atoms. The van der Waals surface area contributed by atoms with E-state index in [9.17, 15) is 0 Å². The van der Waals surface area contributed by atoms with Gasteiger partial charge in [-0.15, -0.1) is 0 Å². The highest BCUT2D eigenvalue weighted by Gasteiger charge is 1.86. The van der Waals surface area contributed by atoms with Gasteiger partial charge in [0.25, 0.3) is 0 Å². The lowest BCUT2D eigenvalue weighted by molar-refractivity contribution is -0.209. The lowest BCUT2D eigenvalue weighted by Gasteiger charge is -1.95. The minimum Gasteiger partial charge on any atom is -0.377 e. The summed E-state index contributed by atoms with van der Waals surface area (Å²) in [5, 5.41) is 7.79. The largest absolute Gasteiger partial charge is 0.377 e. The zero-order valence-corrected chi connectivity index (χ0v) is 5.49. The fourth-order valence-corrected chi connectivity index (χ4v) is 0.187. The maximum atomic E-state index is 8.12. The first-order valence-corrected chi connectivity index (χ1v) is 2.20. The molecule has 0 aromatic rings. The Labute approximate surface area is 57.8 Å². The molecule has 5 heteroatoms. The first-order valence-electron chi connectivity index (χ1n) is 2.20. The quantitative estimate of drug-likeness (QED) is 0.348. The van der Waals surface area contributed by atoms with E-state index in [2.05, 4.69) is 16.2 Å². The summed E-state index contributed by atoms with van der Waals surface area (Å²) in [5.41, 5.74) is 0. The van der Waals surface area contributed by atoms with Gasteiger partial charge in [0.05, 0.1) is 0 Å². The molecule has 0 atom stereocenters. The van der Waals surface area contributed by atoms with E-state index in [4.69, 9.17) is 14.8 Å². The van der Waals surface area contributed by atoms with Gasteiger partial charge in [0.2, 0.25) is 0 Å². The van der Waals surface area contributed by atoms with E-state index in [0.29, 0.717) is 0 Å². The highest BCUT2D eigenvalue weighted by Crippen LogP contribution is 1.86. The van der Waals surface area contributed by atoms with Gasteiger partial charge in [-0.2, -0.15) is 9.59 Å². The normalized spacial score (nSPS) is 6.60. The molecule has 10 heavy (non-hydrogen) atoms. The first kappa shape index (κ1) is 11.6. The van der Waals surface area contributed by atoms with Crippen LogP contribution < -0.4 is 0 Å². The van der Waals surface area contributed by atoms with E-state index >= 15 is 0 Å². The maximum absolute atomic E-state index is 8.12. The number of hydrogen-bond donors (Lipinski definition) is 1. The number of methoxy groups -OCH3 is 1. The molecule has 0 aliphatic carbocycles. The van der Waals surface area contributed by atoms with Gasteiger partial charge >= 0.3 is 6.15 Å². The average Bonchev–Trinajstić information content (AvgIpc) is 1.90. The molecule has 0 fully saturated rings. The monoisotopic (exact) mass is 148 g/mol. The SMILES string of the molecule is C=C(COC)OO.O=C=O. The summed E-state index contributed by atoms with van der Waals surface area (Å²) in [6.45, 7) is 3.50. The first-order chi connectivity index (χ1) is 4.72. The smallest absolute Gasteiger partial charge is 0.373 e. The molecule has 58 valence electrons. The summed E-state index contributed by atoms with van der Waals surface area (Å²) in [5.74, 6) is 0.211. The Morgan fingerprint density at radius 3 is 2.20 bits per heavy atom. The van der Waals surface area contributed by atoms with Gasteiger partial charge in [-0.1, -0.05) is 6.58 Å². The second-order valence-electron chi connectivity index (χ2n) is 1.15. The molecular weight excluding hydrogens is 140 g/mol. The van der Waals surface area contributed by atoms with Crippen molar-refractivity contribution in [2.45, 2.75) is 0 Å². The Balaban J connectivity index is 0. The molecule has 0 aliphatic heterocycles. The van der Waals surface area contributed by atoms with E-state index in [0.717, 1.165) is 0 Å². The van der Waals surface area contributed by atoms with Crippen molar-refractivity contribution in [3.8, 4) is 0 Å². The minimum absolute atomic E-state index is 0.211. The zero-order chi connectivity index (χ0) is 8.41. The summed E-state index contributed by atoms with van der Waals surface area (Å²) in [6.07, 6.45) is 0.250. The van der Waals surface area contributed by atoms with Gasteiger partial charge in [-0.05, 0) is 0 Å². The van der Waals surface area contributed by atoms with Gasteiger partial charge in [0.1, 0.15) is 6.61 Å². The molecule has 0 heterocycles. The van der Waals surface area contributed by atoms with Gasteiger partial charge < -0.3 is 9.62 Å². The van der Waals surface area contributed by atoms with Crippen LogP contribution in [0.3, 0.4) is 0 Å². The van der Waals surface area contributed by atoms with Crippen molar-refractivity contribution >= 4 is 6.15 Å². The lowest BCUT2D eigenvalue weighted by atomic mass is 10.6. The van der Waals surface area contributed by atoms with Crippen molar-refractivity contribution in [3.05, 3.63) is 12.3 Å². The van der Waals surface area contributed by atoms with E-state index < -0.39 is 0 Å². The fourth-order valence-electron chi connectivity index (χ4n) is 0.187. The lowest BCUT2D eigenvalue weighted by Crippen LogP contribution is -1.93. The highest BCUT2D eigenvalue weighted by molar-refractivity contribution is 5.20. The van der Waals surface area contributed by atoms with Crippen LogP contribution in [0.5, 0.6) is 0 Å². The van der Waals surface area contributed by atoms with Crippen LogP contribution in [0.15, 0.2) is 12.3 Å². The van der Waals surface area contributed by atoms with Crippen LogP contribution in [-0.2, 0) is 19.2 Å². The molecule has 0 saturated carbocycles. The van der Waals surface area contributed by atoms with Crippen LogP contribution in [-0.4, -0.2) is 25.1 Å². The molecule has 0 radical (unpaired) electrons. The average molecular weight is 148 g/mol. The second-order valence-corrected chi connectivity index (χ2v) is 1.15. The van der Waals surface area contributed by atoms with Gasteiger partial charge in [-0.25, -0.2) is 5.26 Å². The summed E-state index contributed by atoms with van der Waals surface area (Å²) >= 11 is 0. The van der Waals surface area contributed by atoms with Gasteiger partial charge in [0, 0.05) is 7.11 Å². The Kier molecular flexibility index (Phi) is 12.5. The molecule has 5 nitrogen and oxygen atoms in total. The fraction of sp³-hybridized carbons (Fsp3) is 0.400. The molecule has 0 unspecified atom stereocenters. The van der Waals surface area contributed by atoms with E-state index in [1.165, 1.54) is 7.11 Å². The van der Waals surface area contributed by atoms with Crippen molar-refractivity contribution in [1.82, 2.24) is 0 Å². The number of ether oxygens (including phenoxy) is 1. The van der Waals surface area contributed by atoms with Crippen molar-refractivity contribution < 1.29 is 24.5 Å². The molecule has 0 amide bonds. The third-order valence-corrected chi connectivity index (χ3v) is 0.434. The summed E-state index contributed by atoms with van der Waals surface area (Å²) in [6, 6.07) is 0. The van der Waals surface area contributed by atoms with Crippen molar-refractivity contribution in [1.29, 1.82) is 0 Å². The molecule has 0 aromatic heterocycles. The van der Waals surface area contributed by atoms with Gasteiger partial charge in [-0.3, -0.25) is 0 Å². The van der Waals surface area contributed by atoms with Gasteiger partial charge in [0.15, 0.2) is 5.76 Å². The Morgan fingerprint density at radius 1 is 1.70 bits per heavy atom. The summed E-state index contributed by atoms with van der Waals surface area (Å²) < 4.78 is 4.51. The van der Waals surface area contributed by atoms with Crippen LogP contribution in [0.4, 0.5) is 0 Å². The van der Waals surface area contributed by atoms with Crippen molar-refractivity contribution in [3.63, 3.8) is 0 Å². The Morgan fingerprint density at radius 2 is 2.10 bits per heavy atom.